The Labute approximate surface area is 129 Å². The first kappa shape index (κ1) is 19.2. The molecule has 0 bridgehead atoms. The van der Waals surface area contributed by atoms with E-state index in [-0.39, 0.29) is 6.04 Å². The van der Waals surface area contributed by atoms with Crippen LogP contribution in [0.15, 0.2) is 28.4 Å². The maximum absolute atomic E-state index is 9.42. The Balaban J connectivity index is 5.24. The van der Waals surface area contributed by atoms with Gasteiger partial charge < -0.3 is 10.6 Å². The van der Waals surface area contributed by atoms with Gasteiger partial charge in [0.25, 0.3) is 0 Å². The van der Waals surface area contributed by atoms with E-state index in [1.165, 1.54) is 0 Å². The normalized spacial score (nSPS) is 14.9. The molecule has 0 aromatic carbocycles. The first-order chi connectivity index (χ1) is 10.0. The number of likely N-dealkylation sites (N-methyl/N-ethyl adjacent to an activating group) is 1. The Morgan fingerprint density at radius 2 is 2.14 bits per heavy atom. The van der Waals surface area contributed by atoms with Crippen molar-refractivity contribution in [2.75, 3.05) is 27.7 Å². The van der Waals surface area contributed by atoms with Crippen LogP contribution in [-0.2, 0) is 0 Å². The number of nitrogens with one attached hydrogen (secondary N) is 2. The molecule has 5 nitrogen and oxygen atoms in total. The van der Waals surface area contributed by atoms with Crippen LogP contribution in [0.4, 0.5) is 0 Å². The number of hydrogen-bond donors (Lipinski definition) is 2. The fourth-order valence-corrected chi connectivity index (χ4v) is 1.75. The Hall–Kier alpha value is -1.80. The van der Waals surface area contributed by atoms with Crippen molar-refractivity contribution in [1.29, 1.82) is 5.26 Å². The number of rotatable bonds is 7. The maximum atomic E-state index is 9.42. The zero-order valence-corrected chi connectivity index (χ0v) is 14.2. The van der Waals surface area contributed by atoms with Gasteiger partial charge in [-0.2, -0.15) is 5.26 Å². The fourth-order valence-electron chi connectivity index (χ4n) is 1.75. The second kappa shape index (κ2) is 10.9. The van der Waals surface area contributed by atoms with Crippen molar-refractivity contribution in [3.05, 3.63) is 23.4 Å². The van der Waals surface area contributed by atoms with Gasteiger partial charge in [-0.05, 0) is 45.5 Å². The van der Waals surface area contributed by atoms with Crippen LogP contribution < -0.4 is 10.6 Å². The lowest BCUT2D eigenvalue weighted by atomic mass is 10.1. The summed E-state index contributed by atoms with van der Waals surface area (Å²) in [4.78, 5) is 6.19. The van der Waals surface area contributed by atoms with Gasteiger partial charge in [0.2, 0.25) is 0 Å². The van der Waals surface area contributed by atoms with Crippen LogP contribution in [0.5, 0.6) is 0 Å². The molecule has 0 saturated carbocycles. The van der Waals surface area contributed by atoms with E-state index >= 15 is 0 Å². The molecule has 0 fully saturated rings. The summed E-state index contributed by atoms with van der Waals surface area (Å²) in [5.74, 6) is 0.676. The molecular weight excluding hydrogens is 262 g/mol. The molecule has 0 aliphatic rings. The molecule has 0 aromatic heterocycles. The van der Waals surface area contributed by atoms with Crippen LogP contribution in [0, 0.1) is 11.3 Å². The molecule has 0 aliphatic heterocycles. The lowest BCUT2D eigenvalue weighted by molar-refractivity contribution is 0.317. The van der Waals surface area contributed by atoms with Gasteiger partial charge in [0.1, 0.15) is 6.04 Å². The van der Waals surface area contributed by atoms with E-state index in [4.69, 9.17) is 0 Å². The van der Waals surface area contributed by atoms with Crippen LogP contribution in [0.3, 0.4) is 0 Å². The Morgan fingerprint density at radius 3 is 2.57 bits per heavy atom. The smallest absolute Gasteiger partial charge is 0.195 e. The van der Waals surface area contributed by atoms with Gasteiger partial charge in [0.15, 0.2) is 5.96 Å². The highest BCUT2D eigenvalue weighted by Crippen LogP contribution is 2.10. The Morgan fingerprint density at radius 1 is 1.48 bits per heavy atom. The first-order valence-electron chi connectivity index (χ1n) is 7.40. The molecule has 0 spiro atoms. The van der Waals surface area contributed by atoms with Crippen molar-refractivity contribution in [3.8, 4) is 6.07 Å². The van der Waals surface area contributed by atoms with Crippen molar-refractivity contribution in [2.24, 2.45) is 4.99 Å². The van der Waals surface area contributed by atoms with Crippen LogP contribution in [0.25, 0.3) is 0 Å². The highest BCUT2D eigenvalue weighted by Gasteiger charge is 2.13. The van der Waals surface area contributed by atoms with Crippen LogP contribution in [0.1, 0.15) is 33.6 Å². The second-order valence-corrected chi connectivity index (χ2v) is 4.91. The molecule has 0 heterocycles. The summed E-state index contributed by atoms with van der Waals surface area (Å²) < 4.78 is 0. The van der Waals surface area contributed by atoms with Gasteiger partial charge in [-0.1, -0.05) is 19.4 Å². The average molecular weight is 291 g/mol. The third-order valence-electron chi connectivity index (χ3n) is 3.37. The van der Waals surface area contributed by atoms with Crippen molar-refractivity contribution in [3.63, 3.8) is 0 Å². The molecule has 2 N–H and O–H groups in total. The highest BCUT2D eigenvalue weighted by atomic mass is 15.2. The summed E-state index contributed by atoms with van der Waals surface area (Å²) in [5.41, 5.74) is 1.98. The minimum absolute atomic E-state index is 0.260. The molecule has 1 atom stereocenters. The lowest BCUT2D eigenvalue weighted by Gasteiger charge is -2.21. The van der Waals surface area contributed by atoms with Crippen LogP contribution >= 0.6 is 0 Å². The van der Waals surface area contributed by atoms with Gasteiger partial charge >= 0.3 is 0 Å². The van der Waals surface area contributed by atoms with Gasteiger partial charge in [0.05, 0.1) is 6.07 Å². The molecule has 118 valence electrons. The van der Waals surface area contributed by atoms with E-state index in [1.54, 1.807) is 7.05 Å². The largest absolute Gasteiger partial charge is 0.359 e. The third kappa shape index (κ3) is 6.96. The van der Waals surface area contributed by atoms with Crippen molar-refractivity contribution in [2.45, 2.75) is 39.7 Å². The summed E-state index contributed by atoms with van der Waals surface area (Å²) in [6.07, 6.45) is 6.18. The van der Waals surface area contributed by atoms with Crippen LogP contribution in [0.2, 0.25) is 0 Å². The predicted molar refractivity (Wildman–Crippen MR) is 90.0 cm³/mol. The van der Waals surface area contributed by atoms with E-state index in [0.29, 0.717) is 5.96 Å². The van der Waals surface area contributed by atoms with Gasteiger partial charge in [-0.25, -0.2) is 0 Å². The summed E-state index contributed by atoms with van der Waals surface area (Å²) >= 11 is 0. The zero-order chi connectivity index (χ0) is 16.3. The topological polar surface area (TPSA) is 63.5 Å². The minimum atomic E-state index is -0.260. The number of unbranched alkanes of at least 4 members (excludes halogenated alkanes) is 1. The van der Waals surface area contributed by atoms with Crippen LogP contribution in [-0.4, -0.2) is 44.6 Å². The minimum Gasteiger partial charge on any atom is -0.359 e. The average Bonchev–Trinajstić information content (AvgIpc) is 2.52. The molecule has 0 amide bonds. The number of guanidine groups is 1. The monoisotopic (exact) mass is 291 g/mol. The lowest BCUT2D eigenvalue weighted by Crippen LogP contribution is -2.36. The Bertz CT molecular complexity index is 428. The summed E-state index contributed by atoms with van der Waals surface area (Å²) in [7, 11) is 5.51. The number of nitriles is 1. The van der Waals surface area contributed by atoms with Crippen molar-refractivity contribution >= 4 is 5.96 Å². The molecule has 0 saturated heterocycles. The van der Waals surface area contributed by atoms with Crippen molar-refractivity contribution in [1.82, 2.24) is 15.5 Å². The maximum Gasteiger partial charge on any atom is 0.195 e. The SMILES string of the molecule is C/C=C(C)\C(=C/C(C#N)N(C)CCCC)NC(=NC)NC. The number of aliphatic imine (C=N–C) groups is 1. The zero-order valence-electron chi connectivity index (χ0n) is 14.2. The van der Waals surface area contributed by atoms with Gasteiger partial charge in [-0.3, -0.25) is 9.89 Å². The van der Waals surface area contributed by atoms with Crippen molar-refractivity contribution < 1.29 is 0 Å². The molecular formula is C16H29N5. The van der Waals surface area contributed by atoms with Gasteiger partial charge in [-0.15, -0.1) is 0 Å². The highest BCUT2D eigenvalue weighted by molar-refractivity contribution is 5.81. The molecule has 0 radical (unpaired) electrons. The second-order valence-electron chi connectivity index (χ2n) is 4.91. The third-order valence-corrected chi connectivity index (χ3v) is 3.37. The predicted octanol–water partition coefficient (Wildman–Crippen LogP) is 2.26. The summed E-state index contributed by atoms with van der Waals surface area (Å²) in [6, 6.07) is 2.09. The van der Waals surface area contributed by atoms with E-state index in [0.717, 1.165) is 30.7 Å². The molecule has 0 aliphatic carbocycles. The van der Waals surface area contributed by atoms with E-state index < -0.39 is 0 Å². The molecule has 21 heavy (non-hydrogen) atoms. The molecule has 1 unspecified atom stereocenters. The number of hydrogen-bond acceptors (Lipinski definition) is 3. The number of nitrogens with zero attached hydrogens (tertiary/aromatic N) is 3. The Kier molecular flexibility index (Phi) is 9.99. The molecule has 0 aromatic rings. The summed E-state index contributed by atoms with van der Waals surface area (Å²) in [6.45, 7) is 7.06. The fraction of sp³-hybridized carbons (Fsp3) is 0.625. The molecule has 5 heteroatoms. The summed E-state index contributed by atoms with van der Waals surface area (Å²) in [5, 5.41) is 15.6. The quantitative estimate of drug-likeness (QED) is 0.429. The number of allylic oxidation sites excluding steroid dienone is 2. The first-order valence-corrected chi connectivity index (χ1v) is 7.40. The molecule has 0 rings (SSSR count). The standard InChI is InChI=1S/C16H29N5/c1-7-9-10-21(6)14(12-17)11-15(13(3)8-2)20-16(18-4)19-5/h8,11,14H,7,9-10H2,1-6H3,(H2,18,19,20)/b13-8-,15-11+. The van der Waals surface area contributed by atoms with Gasteiger partial charge in [0, 0.05) is 19.8 Å². The van der Waals surface area contributed by atoms with E-state index in [1.807, 2.05) is 40.1 Å². The van der Waals surface area contributed by atoms with E-state index in [2.05, 4.69) is 33.5 Å². The van der Waals surface area contributed by atoms with E-state index in [9.17, 15) is 5.26 Å².